The normalized spacial score (nSPS) is 10.9. The number of ether oxygens (including phenoxy) is 2. The van der Waals surface area contributed by atoms with Crippen molar-refractivity contribution in [2.24, 2.45) is 0 Å². The van der Waals surface area contributed by atoms with E-state index in [1.54, 1.807) is 20.4 Å². The van der Waals surface area contributed by atoms with Crippen molar-refractivity contribution < 1.29 is 14.5 Å². The zero-order valence-corrected chi connectivity index (χ0v) is 13.5. The molecule has 7 heteroatoms. The molecule has 1 aromatic carbocycles. The highest BCUT2D eigenvalue weighted by Gasteiger charge is 2.19. The highest BCUT2D eigenvalue weighted by atomic mass is 16.5. The quantitative estimate of drug-likeness (QED) is 0.751. The van der Waals surface area contributed by atoms with E-state index in [1.165, 1.54) is 4.57 Å². The van der Waals surface area contributed by atoms with Crippen molar-refractivity contribution in [1.29, 1.82) is 0 Å². The summed E-state index contributed by atoms with van der Waals surface area (Å²) in [4.78, 5) is 29.9. The van der Waals surface area contributed by atoms with Gasteiger partial charge in [-0.3, -0.25) is 9.78 Å². The number of hydrogen-bond acceptors (Lipinski definition) is 4. The Morgan fingerprint density at radius 3 is 2.54 bits per heavy atom. The van der Waals surface area contributed by atoms with Gasteiger partial charge in [0, 0.05) is 12.7 Å². The van der Waals surface area contributed by atoms with Gasteiger partial charge in [0.1, 0.15) is 17.7 Å². The van der Waals surface area contributed by atoms with E-state index in [-0.39, 0.29) is 0 Å². The third-order valence-corrected chi connectivity index (χ3v) is 3.86. The van der Waals surface area contributed by atoms with Crippen molar-refractivity contribution in [3.8, 4) is 16.9 Å². The first-order valence-electron chi connectivity index (χ1n) is 7.46. The minimum absolute atomic E-state index is 0.338. The molecule has 3 rings (SSSR count). The van der Waals surface area contributed by atoms with Crippen LogP contribution in [-0.4, -0.2) is 30.4 Å². The molecular formula is C17H18N3O4+. The number of hydrogen-bond donors (Lipinski definition) is 1. The Hall–Kier alpha value is -2.93. The molecular weight excluding hydrogens is 310 g/mol. The molecule has 124 valence electrons. The Bertz CT molecular complexity index is 974. The van der Waals surface area contributed by atoms with E-state index in [0.717, 1.165) is 16.9 Å². The van der Waals surface area contributed by atoms with Crippen LogP contribution in [0, 0.1) is 0 Å². The summed E-state index contributed by atoms with van der Waals surface area (Å²) >= 11 is 0. The lowest BCUT2D eigenvalue weighted by molar-refractivity contribution is -0.349. The second-order valence-electron chi connectivity index (χ2n) is 5.25. The van der Waals surface area contributed by atoms with Crippen molar-refractivity contribution in [2.45, 2.75) is 6.54 Å². The van der Waals surface area contributed by atoms with Crippen LogP contribution in [0.4, 0.5) is 0 Å². The number of H-pyrrole nitrogens is 2. The van der Waals surface area contributed by atoms with Crippen LogP contribution in [0.25, 0.3) is 22.2 Å². The predicted octanol–water partition coefficient (Wildman–Crippen LogP) is 0.826. The maximum Gasteiger partial charge on any atom is 0.415 e. The third kappa shape index (κ3) is 2.81. The molecule has 0 amide bonds. The smallest absolute Gasteiger partial charge is 0.415 e. The number of benzene rings is 1. The predicted molar refractivity (Wildman–Crippen MR) is 89.2 cm³/mol. The largest absolute Gasteiger partial charge is 0.497 e. The molecule has 0 unspecified atom stereocenters. The zero-order chi connectivity index (χ0) is 17.1. The molecule has 0 radical (unpaired) electrons. The highest BCUT2D eigenvalue weighted by Crippen LogP contribution is 2.25. The summed E-state index contributed by atoms with van der Waals surface area (Å²) in [6, 6.07) is 9.21. The molecule has 0 fully saturated rings. The summed E-state index contributed by atoms with van der Waals surface area (Å²) < 4.78 is 11.7. The second kappa shape index (κ2) is 6.67. The average Bonchev–Trinajstić information content (AvgIpc) is 2.61. The molecule has 0 saturated heterocycles. The van der Waals surface area contributed by atoms with E-state index in [9.17, 15) is 9.59 Å². The molecule has 2 heterocycles. The Morgan fingerprint density at radius 1 is 1.12 bits per heavy atom. The molecule has 0 aliphatic rings. The van der Waals surface area contributed by atoms with Gasteiger partial charge in [-0.2, -0.15) is 4.57 Å². The van der Waals surface area contributed by atoms with Gasteiger partial charge in [-0.15, -0.1) is 0 Å². The number of nitrogens with zero attached hydrogens (tertiary/aromatic N) is 1. The molecule has 0 aliphatic heterocycles. The van der Waals surface area contributed by atoms with Crippen molar-refractivity contribution in [1.82, 2.24) is 9.55 Å². The number of nitrogens with one attached hydrogen (secondary N) is 2. The minimum Gasteiger partial charge on any atom is -0.497 e. The van der Waals surface area contributed by atoms with Crippen molar-refractivity contribution in [2.75, 3.05) is 20.8 Å². The summed E-state index contributed by atoms with van der Waals surface area (Å²) in [6.45, 7) is 0.701. The summed E-state index contributed by atoms with van der Waals surface area (Å²) in [5.41, 5.74) is 1.17. The maximum atomic E-state index is 12.4. The highest BCUT2D eigenvalue weighted by molar-refractivity contribution is 5.90. The first kappa shape index (κ1) is 15.9. The van der Waals surface area contributed by atoms with Gasteiger partial charge >= 0.3 is 5.69 Å². The van der Waals surface area contributed by atoms with E-state index in [1.807, 2.05) is 30.3 Å². The van der Waals surface area contributed by atoms with Crippen LogP contribution in [0.15, 0.2) is 46.1 Å². The van der Waals surface area contributed by atoms with Gasteiger partial charge in [-0.1, -0.05) is 12.1 Å². The van der Waals surface area contributed by atoms with Crippen LogP contribution >= 0.6 is 0 Å². The Labute approximate surface area is 137 Å². The number of fused-ring (bicyclic) bond motifs is 1. The van der Waals surface area contributed by atoms with E-state index < -0.39 is 11.2 Å². The third-order valence-electron chi connectivity index (χ3n) is 3.86. The summed E-state index contributed by atoms with van der Waals surface area (Å²) in [5, 5.41) is 0.429. The van der Waals surface area contributed by atoms with E-state index >= 15 is 0 Å². The molecule has 0 spiro atoms. The van der Waals surface area contributed by atoms with Crippen LogP contribution in [0.3, 0.4) is 0 Å². The SMILES string of the molecule is COCCn1c(=O)[nH]c(=O)c2c(-c3ccc(OC)cc3)cc[nH+]c21. The zero-order valence-electron chi connectivity index (χ0n) is 13.5. The molecule has 0 aliphatic carbocycles. The lowest BCUT2D eigenvalue weighted by Crippen LogP contribution is -2.34. The van der Waals surface area contributed by atoms with Gasteiger partial charge in [0.2, 0.25) is 0 Å². The Kier molecular flexibility index (Phi) is 4.43. The van der Waals surface area contributed by atoms with Crippen LogP contribution in [-0.2, 0) is 11.3 Å². The Morgan fingerprint density at radius 2 is 1.88 bits per heavy atom. The molecule has 0 saturated carbocycles. The summed E-state index contributed by atoms with van der Waals surface area (Å²) in [7, 11) is 3.16. The lowest BCUT2D eigenvalue weighted by Gasteiger charge is -2.07. The van der Waals surface area contributed by atoms with E-state index in [4.69, 9.17) is 9.47 Å². The van der Waals surface area contributed by atoms with Gasteiger partial charge in [0.25, 0.3) is 11.2 Å². The first-order valence-corrected chi connectivity index (χ1v) is 7.46. The van der Waals surface area contributed by atoms with Crippen molar-refractivity contribution in [3.05, 3.63) is 57.4 Å². The first-order chi connectivity index (χ1) is 11.7. The Balaban J connectivity index is 2.26. The van der Waals surface area contributed by atoms with E-state index in [2.05, 4.69) is 9.97 Å². The van der Waals surface area contributed by atoms with Gasteiger partial charge in [-0.25, -0.2) is 9.78 Å². The molecule has 2 N–H and O–H groups in total. The van der Waals surface area contributed by atoms with Crippen LogP contribution < -0.4 is 21.0 Å². The van der Waals surface area contributed by atoms with Crippen molar-refractivity contribution in [3.63, 3.8) is 0 Å². The average molecular weight is 328 g/mol. The fourth-order valence-electron chi connectivity index (χ4n) is 2.67. The lowest BCUT2D eigenvalue weighted by atomic mass is 10.0. The number of rotatable bonds is 5. The van der Waals surface area contributed by atoms with E-state index in [0.29, 0.717) is 24.2 Å². The monoisotopic (exact) mass is 328 g/mol. The molecule has 0 atom stereocenters. The second-order valence-corrected chi connectivity index (χ2v) is 5.25. The topological polar surface area (TPSA) is 87.5 Å². The van der Waals surface area contributed by atoms with Crippen LogP contribution in [0.5, 0.6) is 5.75 Å². The van der Waals surface area contributed by atoms with Gasteiger partial charge in [0.15, 0.2) is 0 Å². The number of methoxy groups -OCH3 is 2. The fourth-order valence-corrected chi connectivity index (χ4v) is 2.67. The molecule has 7 nitrogen and oxygen atoms in total. The summed E-state index contributed by atoms with van der Waals surface area (Å²) in [5.74, 6) is 0.733. The maximum absolute atomic E-state index is 12.4. The van der Waals surface area contributed by atoms with Gasteiger partial charge in [-0.05, 0) is 23.8 Å². The minimum atomic E-state index is -0.465. The van der Waals surface area contributed by atoms with Gasteiger partial charge < -0.3 is 9.47 Å². The molecule has 0 bridgehead atoms. The summed E-state index contributed by atoms with van der Waals surface area (Å²) in [6.07, 6.45) is 1.71. The van der Waals surface area contributed by atoms with Gasteiger partial charge in [0.05, 0.1) is 19.9 Å². The molecule has 3 aromatic rings. The van der Waals surface area contributed by atoms with Crippen LogP contribution in [0.2, 0.25) is 0 Å². The standard InChI is InChI=1S/C17H17N3O4/c1-23-10-9-20-15-14(16(21)19-17(20)22)13(7-8-18-15)11-3-5-12(24-2)6-4-11/h3-8H,9-10H2,1-2H3,(H,19,21,22)/p+1. The molecule has 2 aromatic heterocycles. The number of aromatic nitrogens is 3. The number of aromatic amines is 2. The molecule has 24 heavy (non-hydrogen) atoms. The number of pyridine rings is 1. The fraction of sp³-hybridized carbons (Fsp3) is 0.235. The van der Waals surface area contributed by atoms with Crippen molar-refractivity contribution >= 4 is 11.0 Å². The van der Waals surface area contributed by atoms with Crippen LogP contribution in [0.1, 0.15) is 0 Å².